The van der Waals surface area contributed by atoms with E-state index in [0.29, 0.717) is 22.7 Å². The molecule has 0 spiro atoms. The number of aryl methyl sites for hydroxylation is 1. The molecule has 1 aromatic heterocycles. The number of benzene rings is 1. The molecule has 2 rings (SSSR count). The molecular weight excluding hydrogens is 394 g/mol. The summed E-state index contributed by atoms with van der Waals surface area (Å²) in [5.74, 6) is -0.965. The number of ether oxygens (including phenoxy) is 1. The minimum absolute atomic E-state index is 0.0235. The average Bonchev–Trinajstić information content (AvgIpc) is 2.66. The van der Waals surface area contributed by atoms with Crippen molar-refractivity contribution < 1.29 is 14.3 Å². The summed E-state index contributed by atoms with van der Waals surface area (Å²) in [5, 5.41) is 12.4. The lowest BCUT2D eigenvalue weighted by molar-refractivity contribution is -0.148. The number of aromatic amines is 1. The number of hydrogen-bond donors (Lipinski definition) is 2. The topological polar surface area (TPSA) is 112 Å². The Hall–Kier alpha value is -3.11. The van der Waals surface area contributed by atoms with Gasteiger partial charge in [0.25, 0.3) is 11.5 Å². The highest BCUT2D eigenvalue weighted by Gasteiger charge is 2.15. The summed E-state index contributed by atoms with van der Waals surface area (Å²) in [7, 11) is 0. The van der Waals surface area contributed by atoms with Crippen molar-refractivity contribution in [3.63, 3.8) is 0 Å². The van der Waals surface area contributed by atoms with Gasteiger partial charge in [-0.1, -0.05) is 23.7 Å². The number of H-pyrrole nitrogens is 1. The van der Waals surface area contributed by atoms with Crippen molar-refractivity contribution >= 4 is 23.5 Å². The summed E-state index contributed by atoms with van der Waals surface area (Å²) < 4.78 is 5.03. The fourth-order valence-electron chi connectivity index (χ4n) is 3.01. The zero-order valence-electron chi connectivity index (χ0n) is 16.5. The summed E-state index contributed by atoms with van der Waals surface area (Å²) >= 11 is 5.94. The fraction of sp³-hybridized carbons (Fsp3) is 0.333. The third-order valence-electron chi connectivity index (χ3n) is 4.59. The number of amides is 1. The second-order valence-corrected chi connectivity index (χ2v) is 7.11. The van der Waals surface area contributed by atoms with Crippen molar-refractivity contribution in [2.45, 2.75) is 39.7 Å². The van der Waals surface area contributed by atoms with Crippen LogP contribution in [0.4, 0.5) is 0 Å². The molecule has 1 atom stereocenters. The highest BCUT2D eigenvalue weighted by Crippen LogP contribution is 2.17. The van der Waals surface area contributed by atoms with E-state index in [0.717, 1.165) is 11.1 Å². The summed E-state index contributed by atoms with van der Waals surface area (Å²) in [6.45, 7) is 4.80. The van der Waals surface area contributed by atoms with E-state index >= 15 is 0 Å². The van der Waals surface area contributed by atoms with E-state index in [1.165, 1.54) is 0 Å². The van der Waals surface area contributed by atoms with Gasteiger partial charge in [0.15, 0.2) is 6.61 Å². The number of nitrogens with one attached hydrogen (secondary N) is 2. The van der Waals surface area contributed by atoms with E-state index in [2.05, 4.69) is 10.3 Å². The number of aromatic nitrogens is 1. The van der Waals surface area contributed by atoms with E-state index in [-0.39, 0.29) is 18.0 Å². The molecule has 0 bridgehead atoms. The Morgan fingerprint density at radius 3 is 2.72 bits per heavy atom. The van der Waals surface area contributed by atoms with Gasteiger partial charge in [0.05, 0.1) is 6.04 Å². The molecule has 0 saturated carbocycles. The van der Waals surface area contributed by atoms with Crippen molar-refractivity contribution in [3.05, 3.63) is 67.6 Å². The Morgan fingerprint density at radius 1 is 1.34 bits per heavy atom. The predicted molar refractivity (Wildman–Crippen MR) is 109 cm³/mol. The molecular formula is C21H22ClN3O4. The first-order valence-electron chi connectivity index (χ1n) is 9.05. The van der Waals surface area contributed by atoms with Gasteiger partial charge in [-0.15, -0.1) is 0 Å². The van der Waals surface area contributed by atoms with Gasteiger partial charge in [0, 0.05) is 17.1 Å². The summed E-state index contributed by atoms with van der Waals surface area (Å²) in [6, 6.07) is 8.72. The highest BCUT2D eigenvalue weighted by molar-refractivity contribution is 6.30. The van der Waals surface area contributed by atoms with E-state index in [1.54, 1.807) is 39.0 Å². The molecule has 29 heavy (non-hydrogen) atoms. The summed E-state index contributed by atoms with van der Waals surface area (Å²) in [6.07, 6.45) is 0.318. The van der Waals surface area contributed by atoms with E-state index in [9.17, 15) is 14.4 Å². The molecule has 2 N–H and O–H groups in total. The second kappa shape index (κ2) is 9.89. The smallest absolute Gasteiger partial charge is 0.306 e. The van der Waals surface area contributed by atoms with Gasteiger partial charge < -0.3 is 15.0 Å². The van der Waals surface area contributed by atoms with Crippen molar-refractivity contribution in [2.24, 2.45) is 0 Å². The third kappa shape index (κ3) is 5.93. The van der Waals surface area contributed by atoms with Crippen LogP contribution in [0.1, 0.15) is 47.3 Å². The highest BCUT2D eigenvalue weighted by atomic mass is 35.5. The number of hydrogen-bond acceptors (Lipinski definition) is 5. The molecule has 152 valence electrons. The number of nitriles is 1. The van der Waals surface area contributed by atoms with Crippen LogP contribution in [0.3, 0.4) is 0 Å². The Kier molecular flexibility index (Phi) is 7.57. The van der Waals surface area contributed by atoms with Crippen molar-refractivity contribution in [2.75, 3.05) is 6.61 Å². The largest absolute Gasteiger partial charge is 0.456 e. The van der Waals surface area contributed by atoms with Crippen molar-refractivity contribution in [3.8, 4) is 6.07 Å². The average molecular weight is 416 g/mol. The van der Waals surface area contributed by atoms with Gasteiger partial charge in [-0.05, 0) is 56.0 Å². The number of halogens is 1. The lowest BCUT2D eigenvalue weighted by atomic mass is 9.99. The Morgan fingerprint density at radius 2 is 2.07 bits per heavy atom. The maximum Gasteiger partial charge on any atom is 0.306 e. The number of pyridine rings is 1. The molecule has 7 nitrogen and oxygen atoms in total. The van der Waals surface area contributed by atoms with Crippen LogP contribution in [0.15, 0.2) is 29.1 Å². The molecule has 1 heterocycles. The number of nitrogens with zero attached hydrogens (tertiary/aromatic N) is 1. The lowest BCUT2D eigenvalue weighted by Crippen LogP contribution is -2.31. The molecule has 0 aliphatic heterocycles. The van der Waals surface area contributed by atoms with Crippen LogP contribution in [0.2, 0.25) is 5.02 Å². The molecule has 0 aliphatic rings. The van der Waals surface area contributed by atoms with E-state index in [1.807, 2.05) is 12.1 Å². The van der Waals surface area contributed by atoms with Gasteiger partial charge >= 0.3 is 5.97 Å². The fourth-order valence-corrected chi connectivity index (χ4v) is 3.21. The maximum absolute atomic E-state index is 12.0. The van der Waals surface area contributed by atoms with Gasteiger partial charge in [-0.2, -0.15) is 5.26 Å². The Labute approximate surface area is 173 Å². The predicted octanol–water partition coefficient (Wildman–Crippen LogP) is 2.87. The molecule has 0 unspecified atom stereocenters. The zero-order valence-corrected chi connectivity index (χ0v) is 17.2. The normalized spacial score (nSPS) is 11.4. The second-order valence-electron chi connectivity index (χ2n) is 6.67. The monoisotopic (exact) mass is 415 g/mol. The number of esters is 1. The third-order valence-corrected chi connectivity index (χ3v) is 4.82. The minimum Gasteiger partial charge on any atom is -0.456 e. The van der Waals surface area contributed by atoms with E-state index < -0.39 is 24.0 Å². The quantitative estimate of drug-likeness (QED) is 0.675. The molecule has 0 radical (unpaired) electrons. The minimum atomic E-state index is -0.543. The molecule has 0 saturated heterocycles. The number of carbonyl (C=O) groups excluding carboxylic acids is 2. The summed E-state index contributed by atoms with van der Waals surface area (Å²) in [4.78, 5) is 38.4. The van der Waals surface area contributed by atoms with Crippen LogP contribution in [0, 0.1) is 25.2 Å². The molecule has 1 amide bonds. The molecule has 8 heteroatoms. The molecule has 0 aliphatic carbocycles. The van der Waals surface area contributed by atoms with Gasteiger partial charge in [0.1, 0.15) is 11.6 Å². The van der Waals surface area contributed by atoms with Gasteiger partial charge in [-0.3, -0.25) is 14.4 Å². The first kappa shape index (κ1) is 22.2. The first-order chi connectivity index (χ1) is 13.7. The molecule has 1 aromatic carbocycles. The Balaban J connectivity index is 1.87. The van der Waals surface area contributed by atoms with Crippen LogP contribution in [-0.2, 0) is 20.7 Å². The van der Waals surface area contributed by atoms with Crippen LogP contribution in [0.5, 0.6) is 0 Å². The van der Waals surface area contributed by atoms with Crippen LogP contribution < -0.4 is 10.9 Å². The van der Waals surface area contributed by atoms with Gasteiger partial charge in [0.2, 0.25) is 0 Å². The Bertz CT molecular complexity index is 1020. The lowest BCUT2D eigenvalue weighted by Gasteiger charge is -2.15. The maximum atomic E-state index is 12.0. The van der Waals surface area contributed by atoms with Crippen LogP contribution >= 0.6 is 11.6 Å². The van der Waals surface area contributed by atoms with Crippen LogP contribution in [-0.4, -0.2) is 23.5 Å². The SMILES string of the molecule is Cc1[nH]c(=O)c(C#N)c(C)c1CCC(=O)OCC(=O)N[C@@H](C)c1cccc(Cl)c1. The number of carbonyl (C=O) groups is 2. The van der Waals surface area contributed by atoms with E-state index in [4.69, 9.17) is 21.6 Å². The van der Waals surface area contributed by atoms with Crippen LogP contribution in [0.25, 0.3) is 0 Å². The van der Waals surface area contributed by atoms with Crippen molar-refractivity contribution in [1.29, 1.82) is 5.26 Å². The molecule has 0 fully saturated rings. The van der Waals surface area contributed by atoms with Gasteiger partial charge in [-0.25, -0.2) is 0 Å². The van der Waals surface area contributed by atoms with Crippen molar-refractivity contribution in [1.82, 2.24) is 10.3 Å². The number of rotatable bonds is 7. The molecule has 2 aromatic rings. The standard InChI is InChI=1S/C21H22ClN3O4/c1-12-17(14(3)25-21(28)18(12)10-23)7-8-20(27)29-11-19(26)24-13(2)15-5-4-6-16(22)9-15/h4-6,9,13H,7-8,11H2,1-3H3,(H,24,26)(H,25,28)/t13-/m0/s1. The summed E-state index contributed by atoms with van der Waals surface area (Å²) in [5.41, 5.74) is 2.31. The zero-order chi connectivity index (χ0) is 21.6. The first-order valence-corrected chi connectivity index (χ1v) is 9.43.